The van der Waals surface area contributed by atoms with Crippen LogP contribution >= 0.6 is 0 Å². The van der Waals surface area contributed by atoms with E-state index in [1.165, 1.54) is 114 Å². The van der Waals surface area contributed by atoms with Crippen LogP contribution in [0.25, 0.3) is 0 Å². The molecule has 2 heterocycles. The molecular weight excluding hydrogens is 1240 g/mol. The first kappa shape index (κ1) is 87.9. The van der Waals surface area contributed by atoms with E-state index in [0.717, 1.165) is 72.5 Å². The number of ether oxygens (including phenoxy) is 2. The van der Waals surface area contributed by atoms with Gasteiger partial charge in [-0.15, -0.1) is 0 Å². The van der Waals surface area contributed by atoms with Crippen LogP contribution in [0.15, 0.2) is 194 Å². The summed E-state index contributed by atoms with van der Waals surface area (Å²) in [5.74, 6) is 11.7. The zero-order valence-corrected chi connectivity index (χ0v) is 69.1. The summed E-state index contributed by atoms with van der Waals surface area (Å²) >= 11 is 0. The number of aryl methyl sites for hydroxylation is 6. The minimum atomic E-state index is 0.514. The van der Waals surface area contributed by atoms with Gasteiger partial charge in [0, 0.05) is 24.4 Å². The van der Waals surface area contributed by atoms with Gasteiger partial charge >= 0.3 is 0 Å². The molecule has 0 saturated carbocycles. The maximum absolute atomic E-state index is 5.73. The molecule has 0 spiro atoms. The molecule has 1 aromatic heterocycles. The molecule has 0 saturated heterocycles. The van der Waals surface area contributed by atoms with E-state index in [1.807, 2.05) is 13.0 Å². The third-order valence-corrected chi connectivity index (χ3v) is 21.7. The number of aromatic nitrogens is 1. The van der Waals surface area contributed by atoms with Gasteiger partial charge in [0.1, 0.15) is 5.75 Å². The number of benzene rings is 7. The third-order valence-electron chi connectivity index (χ3n) is 21.7. The van der Waals surface area contributed by atoms with Gasteiger partial charge in [0.05, 0.1) is 13.2 Å². The minimum Gasteiger partial charge on any atom is -0.493 e. The zero-order valence-electron chi connectivity index (χ0n) is 69.1. The van der Waals surface area contributed by atoms with Gasteiger partial charge in [-0.25, -0.2) is 0 Å². The second kappa shape index (κ2) is 47.7. The molecule has 0 amide bonds. The SMILES string of the molecule is CC(C)C1CCCCc2ccccc21.CC(C)C1CCCOc2ccccc21.CC(C)[C@@H]1CCCCc2ccccc21.CC(C)[C@H](C)c1ccccc1.COC[C@H](c1ccc(C)cc1)C(C)C.Cc1ccc([C@@H](C)C(C)C)cc1.Cc1ccc([C@H](C)C(C)C)cc1.Cc1cccc(CC(C)C)n1. The lowest BCUT2D eigenvalue weighted by atomic mass is 9.84. The second-order valence-electron chi connectivity index (χ2n) is 32.9. The summed E-state index contributed by atoms with van der Waals surface area (Å²) in [7, 11) is 1.77. The fourth-order valence-electron chi connectivity index (χ4n) is 14.0. The first-order valence-corrected chi connectivity index (χ1v) is 40.2. The van der Waals surface area contributed by atoms with Gasteiger partial charge in [0.15, 0.2) is 0 Å². The van der Waals surface area contributed by atoms with Crippen LogP contribution < -0.4 is 4.74 Å². The molecule has 11 rings (SSSR count). The van der Waals surface area contributed by atoms with Crippen molar-refractivity contribution in [3.8, 4) is 5.75 Å². The molecule has 0 radical (unpaired) electrons. The normalized spacial score (nSPS) is 16.5. The van der Waals surface area contributed by atoms with Crippen molar-refractivity contribution in [1.82, 2.24) is 4.98 Å². The number of rotatable bonds is 15. The number of hydrogen-bond donors (Lipinski definition) is 0. The van der Waals surface area contributed by atoms with Crippen molar-refractivity contribution in [3.63, 3.8) is 0 Å². The summed E-state index contributed by atoms with van der Waals surface area (Å²) in [5.41, 5.74) is 19.9. The molecule has 558 valence electrons. The predicted octanol–water partition coefficient (Wildman–Crippen LogP) is 28.8. The monoisotopic (exact) mass is 1380 g/mol. The predicted molar refractivity (Wildman–Crippen MR) is 449 cm³/mol. The molecule has 7 atom stereocenters. The number of para-hydroxylation sites is 1. The van der Waals surface area contributed by atoms with E-state index in [9.17, 15) is 0 Å². The highest BCUT2D eigenvalue weighted by Gasteiger charge is 2.24. The van der Waals surface area contributed by atoms with Crippen LogP contribution in [-0.4, -0.2) is 25.3 Å². The van der Waals surface area contributed by atoms with Crippen LogP contribution in [0.4, 0.5) is 0 Å². The lowest BCUT2D eigenvalue weighted by Gasteiger charge is -2.21. The van der Waals surface area contributed by atoms with Gasteiger partial charge in [0.25, 0.3) is 0 Å². The Kier molecular flexibility index (Phi) is 41.1. The molecule has 0 N–H and O–H groups in total. The van der Waals surface area contributed by atoms with Crippen LogP contribution in [0.5, 0.6) is 5.75 Å². The molecule has 3 nitrogen and oxygen atoms in total. The summed E-state index contributed by atoms with van der Waals surface area (Å²) in [5, 5.41) is 0. The van der Waals surface area contributed by atoms with Crippen LogP contribution in [0.3, 0.4) is 0 Å². The number of nitrogens with zero attached hydrogens (tertiary/aromatic N) is 1. The Balaban J connectivity index is 0.000000248. The average molecular weight is 1380 g/mol. The fraction of sp³-hybridized carbons (Fsp3) is 0.525. The molecule has 7 aromatic carbocycles. The molecule has 102 heavy (non-hydrogen) atoms. The summed E-state index contributed by atoms with van der Waals surface area (Å²) < 4.78 is 11.0. The molecule has 3 aliphatic rings. The quantitative estimate of drug-likeness (QED) is 0.0959. The molecule has 0 fully saturated rings. The minimum absolute atomic E-state index is 0.514. The second-order valence-corrected chi connectivity index (χ2v) is 32.9. The number of fused-ring (bicyclic) bond motifs is 3. The lowest BCUT2D eigenvalue weighted by Crippen LogP contribution is -2.12. The molecule has 1 aliphatic heterocycles. The van der Waals surface area contributed by atoms with Gasteiger partial charge in [0.2, 0.25) is 0 Å². The number of hydrogen-bond acceptors (Lipinski definition) is 3. The van der Waals surface area contributed by atoms with E-state index in [2.05, 4.69) is 345 Å². The van der Waals surface area contributed by atoms with Gasteiger partial charge in [-0.2, -0.15) is 0 Å². The van der Waals surface area contributed by atoms with Crippen molar-refractivity contribution in [1.29, 1.82) is 0 Å². The van der Waals surface area contributed by atoms with E-state index in [0.29, 0.717) is 47.3 Å². The Labute approximate surface area is 627 Å². The van der Waals surface area contributed by atoms with Crippen LogP contribution in [0, 0.1) is 75.0 Å². The van der Waals surface area contributed by atoms with E-state index >= 15 is 0 Å². The first-order valence-electron chi connectivity index (χ1n) is 40.2. The zero-order chi connectivity index (χ0) is 75.3. The summed E-state index contributed by atoms with van der Waals surface area (Å²) in [6, 6.07) is 69.9. The molecule has 0 bridgehead atoms. The molecule has 3 heteroatoms. The van der Waals surface area contributed by atoms with Crippen LogP contribution in [0.1, 0.15) is 302 Å². The Bertz CT molecular complexity index is 3230. The maximum atomic E-state index is 5.73. The summed E-state index contributed by atoms with van der Waals surface area (Å²) in [4.78, 5) is 4.41. The molecule has 8 aromatic rings. The summed E-state index contributed by atoms with van der Waals surface area (Å²) in [6.07, 6.45) is 14.4. The fourth-order valence-corrected chi connectivity index (χ4v) is 14.0. The Morgan fingerprint density at radius 1 is 0.363 bits per heavy atom. The van der Waals surface area contributed by atoms with E-state index < -0.39 is 0 Å². The number of methoxy groups -OCH3 is 1. The molecule has 2 aliphatic carbocycles. The first-order chi connectivity index (χ1) is 48.6. The average Bonchev–Trinajstić information content (AvgIpc) is 1.58. The highest BCUT2D eigenvalue weighted by atomic mass is 16.5. The van der Waals surface area contributed by atoms with Crippen molar-refractivity contribution in [3.05, 3.63) is 272 Å². The molecule has 2 unspecified atom stereocenters. The Morgan fingerprint density at radius 3 is 1.13 bits per heavy atom. The Morgan fingerprint density at radius 2 is 0.735 bits per heavy atom. The topological polar surface area (TPSA) is 31.4 Å². The Hall–Kier alpha value is -6.55. The van der Waals surface area contributed by atoms with Crippen molar-refractivity contribution in [2.75, 3.05) is 20.3 Å². The largest absolute Gasteiger partial charge is 0.493 e. The highest BCUT2D eigenvalue weighted by molar-refractivity contribution is 5.38. The van der Waals surface area contributed by atoms with Gasteiger partial charge in [-0.1, -0.05) is 337 Å². The summed E-state index contributed by atoms with van der Waals surface area (Å²) in [6.45, 7) is 53.5. The highest BCUT2D eigenvalue weighted by Crippen LogP contribution is 2.39. The lowest BCUT2D eigenvalue weighted by molar-refractivity contribution is 0.162. The van der Waals surface area contributed by atoms with E-state index in [-0.39, 0.29) is 0 Å². The standard InChI is InChI=1S/2C14H20.C13H18O.C13H20O.2C12H18.C11H16.C10H15N/c2*1-11(2)13-9-5-3-7-12-8-4-6-10-14(12)13;1-10(2)11-7-5-9-14-13-8-4-3-6-12(11)13;1-10(2)13(9-14-4)12-7-5-11(3)6-8-12;2*1-9(2)11(4)12-7-5-10(3)6-8-12;1-9(2)10(3)11-7-5-4-6-8-11;1-8(2)7-10-6-4-5-9(3)11-10/h2*4,6,8,10-11,13H,3,5,7,9H2,1-2H3;3-4,6,8,10-11H,5,7,9H2,1-2H3;5-8,10,13H,9H2,1-4H3;2*5-9,11H,1-4H3;4-10H,1-3H3;4-6,8H,7H2,1-3H3/t13-;;;13-;2*11-;10-;/m0..0100./s1. The van der Waals surface area contributed by atoms with Crippen LogP contribution in [0.2, 0.25) is 0 Å². The van der Waals surface area contributed by atoms with E-state index in [4.69, 9.17) is 9.47 Å². The van der Waals surface area contributed by atoms with Crippen molar-refractivity contribution >= 4 is 0 Å². The van der Waals surface area contributed by atoms with Crippen LogP contribution in [-0.2, 0) is 24.0 Å². The van der Waals surface area contributed by atoms with Gasteiger partial charge in [-0.05, 0) is 237 Å². The van der Waals surface area contributed by atoms with Crippen molar-refractivity contribution in [2.45, 2.75) is 271 Å². The number of pyridine rings is 1. The van der Waals surface area contributed by atoms with Gasteiger partial charge in [-0.3, -0.25) is 4.98 Å². The smallest absolute Gasteiger partial charge is 0.122 e. The maximum Gasteiger partial charge on any atom is 0.122 e. The third kappa shape index (κ3) is 31.8. The van der Waals surface area contributed by atoms with Crippen molar-refractivity contribution < 1.29 is 9.47 Å². The van der Waals surface area contributed by atoms with Gasteiger partial charge < -0.3 is 9.47 Å². The molecular formula is C99H145NO2. The van der Waals surface area contributed by atoms with E-state index in [1.54, 1.807) is 29.4 Å². The van der Waals surface area contributed by atoms with Crippen molar-refractivity contribution in [2.24, 2.45) is 47.3 Å².